The van der Waals surface area contributed by atoms with Crippen LogP contribution in [0.2, 0.25) is 5.02 Å². The molecule has 0 aliphatic rings. The van der Waals surface area contributed by atoms with Crippen LogP contribution in [0.25, 0.3) is 0 Å². The number of halogens is 1. The number of unbranched alkanes of at least 4 members (excludes halogenated alkanes) is 1. The first kappa shape index (κ1) is 17.1. The zero-order chi connectivity index (χ0) is 15.8. The van der Waals surface area contributed by atoms with E-state index in [1.807, 2.05) is 0 Å². The number of hydrazone groups is 1. The Morgan fingerprint density at radius 2 is 2.33 bits per heavy atom. The molecule has 0 atom stereocenters. The number of hydrogen-bond donors (Lipinski definition) is 3. The van der Waals surface area contributed by atoms with Crippen LogP contribution >= 0.6 is 23.8 Å². The van der Waals surface area contributed by atoms with E-state index in [1.165, 1.54) is 12.3 Å². The van der Waals surface area contributed by atoms with Crippen LogP contribution in [0.5, 0.6) is 5.75 Å². The van der Waals surface area contributed by atoms with Crippen LogP contribution in [-0.2, 0) is 0 Å². The van der Waals surface area contributed by atoms with Gasteiger partial charge in [-0.25, -0.2) is 0 Å². The van der Waals surface area contributed by atoms with Crippen LogP contribution < -0.4 is 10.7 Å². The van der Waals surface area contributed by atoms with Gasteiger partial charge in [0.2, 0.25) is 5.75 Å². The quantitative estimate of drug-likeness (QED) is 0.244. The summed E-state index contributed by atoms with van der Waals surface area (Å²) < 4.78 is 0. The number of rotatable bonds is 6. The van der Waals surface area contributed by atoms with Gasteiger partial charge in [0.15, 0.2) is 5.11 Å². The summed E-state index contributed by atoms with van der Waals surface area (Å²) in [5.41, 5.74) is 2.20. The van der Waals surface area contributed by atoms with Crippen LogP contribution in [0.4, 0.5) is 5.69 Å². The molecule has 7 nitrogen and oxygen atoms in total. The molecule has 3 N–H and O–H groups in total. The molecule has 0 bridgehead atoms. The zero-order valence-electron chi connectivity index (χ0n) is 11.3. The van der Waals surface area contributed by atoms with Gasteiger partial charge in [0, 0.05) is 23.2 Å². The van der Waals surface area contributed by atoms with Crippen molar-refractivity contribution in [3.8, 4) is 5.75 Å². The number of aromatic hydroxyl groups is 1. The Labute approximate surface area is 132 Å². The number of benzene rings is 1. The van der Waals surface area contributed by atoms with Gasteiger partial charge in [-0.05, 0) is 24.7 Å². The average molecular weight is 331 g/mol. The van der Waals surface area contributed by atoms with Gasteiger partial charge in [-0.15, -0.1) is 0 Å². The highest BCUT2D eigenvalue weighted by atomic mass is 35.5. The van der Waals surface area contributed by atoms with Crippen LogP contribution in [0, 0.1) is 10.1 Å². The van der Waals surface area contributed by atoms with Gasteiger partial charge in [0.1, 0.15) is 0 Å². The molecule has 1 aromatic carbocycles. The third kappa shape index (κ3) is 5.52. The van der Waals surface area contributed by atoms with Crippen LogP contribution in [-0.4, -0.2) is 27.9 Å². The maximum atomic E-state index is 10.8. The van der Waals surface area contributed by atoms with Crippen molar-refractivity contribution in [2.45, 2.75) is 19.8 Å². The number of nitrogens with one attached hydrogen (secondary N) is 2. The van der Waals surface area contributed by atoms with Gasteiger partial charge in [0.25, 0.3) is 0 Å². The number of hydrogen-bond acceptors (Lipinski definition) is 5. The van der Waals surface area contributed by atoms with Gasteiger partial charge in [0.05, 0.1) is 11.1 Å². The largest absolute Gasteiger partial charge is 0.502 e. The number of phenolic OH excluding ortho intramolecular Hbond substituents is 1. The van der Waals surface area contributed by atoms with Crippen molar-refractivity contribution < 1.29 is 10.0 Å². The molecular formula is C12H15ClN4O3S. The van der Waals surface area contributed by atoms with E-state index in [9.17, 15) is 15.2 Å². The fraction of sp³-hybridized carbons (Fsp3) is 0.333. The summed E-state index contributed by atoms with van der Waals surface area (Å²) in [5, 5.41) is 27.7. The van der Waals surface area contributed by atoms with Gasteiger partial charge in [-0.3, -0.25) is 15.5 Å². The van der Waals surface area contributed by atoms with E-state index in [4.69, 9.17) is 23.8 Å². The Morgan fingerprint density at radius 1 is 1.62 bits per heavy atom. The summed E-state index contributed by atoms with van der Waals surface area (Å²) in [6.45, 7) is 2.79. The molecule has 0 amide bonds. The molecule has 1 rings (SSSR count). The molecule has 114 valence electrons. The lowest BCUT2D eigenvalue weighted by molar-refractivity contribution is -0.385. The van der Waals surface area contributed by atoms with E-state index in [-0.39, 0.29) is 10.6 Å². The second kappa shape index (κ2) is 8.38. The number of phenols is 1. The van der Waals surface area contributed by atoms with Gasteiger partial charge in [-0.1, -0.05) is 24.9 Å². The van der Waals surface area contributed by atoms with Crippen molar-refractivity contribution >= 4 is 40.8 Å². The Hall–Kier alpha value is -1.93. The molecular weight excluding hydrogens is 316 g/mol. The minimum absolute atomic E-state index is 0.123. The summed E-state index contributed by atoms with van der Waals surface area (Å²) in [6.07, 6.45) is 3.23. The molecule has 9 heteroatoms. The molecule has 0 heterocycles. The lowest BCUT2D eigenvalue weighted by atomic mass is 10.2. The number of nitro groups is 1. The predicted octanol–water partition coefficient (Wildman–Crippen LogP) is 2.55. The molecule has 21 heavy (non-hydrogen) atoms. The second-order valence-electron chi connectivity index (χ2n) is 4.10. The average Bonchev–Trinajstić information content (AvgIpc) is 2.42. The Bertz CT molecular complexity index is 566. The van der Waals surface area contributed by atoms with Crippen molar-refractivity contribution in [3.05, 3.63) is 32.8 Å². The summed E-state index contributed by atoms with van der Waals surface area (Å²) in [6, 6.07) is 2.43. The molecule has 0 radical (unpaired) electrons. The van der Waals surface area contributed by atoms with E-state index in [1.54, 1.807) is 0 Å². The molecule has 1 aromatic rings. The van der Waals surface area contributed by atoms with E-state index < -0.39 is 16.4 Å². The Morgan fingerprint density at radius 3 is 2.95 bits per heavy atom. The third-order valence-corrected chi connectivity index (χ3v) is 2.92. The van der Waals surface area contributed by atoms with Crippen molar-refractivity contribution in [3.63, 3.8) is 0 Å². The summed E-state index contributed by atoms with van der Waals surface area (Å²) in [5.74, 6) is -0.500. The molecule has 0 fully saturated rings. The number of thiocarbonyl (C=S) groups is 1. The number of nitro benzene ring substituents is 1. The lowest BCUT2D eigenvalue weighted by Crippen LogP contribution is -2.32. The topological polar surface area (TPSA) is 99.8 Å². The summed E-state index contributed by atoms with van der Waals surface area (Å²) in [4.78, 5) is 10.0. The molecule has 0 saturated heterocycles. The minimum atomic E-state index is -0.719. The van der Waals surface area contributed by atoms with Crippen molar-refractivity contribution in [1.29, 1.82) is 0 Å². The highest BCUT2D eigenvalue weighted by Gasteiger charge is 2.17. The molecule has 0 aliphatic carbocycles. The van der Waals surface area contributed by atoms with Crippen LogP contribution in [0.15, 0.2) is 17.2 Å². The Balaban J connectivity index is 2.72. The zero-order valence-corrected chi connectivity index (χ0v) is 12.9. The van der Waals surface area contributed by atoms with E-state index >= 15 is 0 Å². The molecule has 0 saturated carbocycles. The Kier molecular flexibility index (Phi) is 6.83. The van der Waals surface area contributed by atoms with Crippen molar-refractivity contribution in [2.75, 3.05) is 6.54 Å². The normalized spacial score (nSPS) is 10.6. The fourth-order valence-electron chi connectivity index (χ4n) is 1.42. The first-order chi connectivity index (χ1) is 9.95. The SMILES string of the molecule is CCCCNC(=S)N/N=C\c1cc(Cl)cc([N+](=O)[O-])c1O. The maximum absolute atomic E-state index is 10.8. The fourth-order valence-corrected chi connectivity index (χ4v) is 1.80. The van der Waals surface area contributed by atoms with Crippen LogP contribution in [0.3, 0.4) is 0 Å². The third-order valence-electron chi connectivity index (χ3n) is 2.47. The summed E-state index contributed by atoms with van der Waals surface area (Å²) in [7, 11) is 0. The maximum Gasteiger partial charge on any atom is 0.312 e. The molecule has 0 aliphatic heterocycles. The number of nitrogens with zero attached hydrogens (tertiary/aromatic N) is 2. The highest BCUT2D eigenvalue weighted by Crippen LogP contribution is 2.32. The highest BCUT2D eigenvalue weighted by molar-refractivity contribution is 7.80. The molecule has 0 spiro atoms. The van der Waals surface area contributed by atoms with Gasteiger partial charge >= 0.3 is 5.69 Å². The van der Waals surface area contributed by atoms with Gasteiger partial charge < -0.3 is 10.4 Å². The first-order valence-electron chi connectivity index (χ1n) is 6.19. The van der Waals surface area contributed by atoms with Gasteiger partial charge in [-0.2, -0.15) is 5.10 Å². The lowest BCUT2D eigenvalue weighted by Gasteiger charge is -2.05. The predicted molar refractivity (Wildman–Crippen MR) is 86.0 cm³/mol. The van der Waals surface area contributed by atoms with Crippen molar-refractivity contribution in [1.82, 2.24) is 10.7 Å². The van der Waals surface area contributed by atoms with Crippen LogP contribution in [0.1, 0.15) is 25.3 Å². The molecule has 0 aromatic heterocycles. The molecule has 0 unspecified atom stereocenters. The van der Waals surface area contributed by atoms with E-state index in [2.05, 4.69) is 22.8 Å². The minimum Gasteiger partial charge on any atom is -0.502 e. The van der Waals surface area contributed by atoms with E-state index in [0.29, 0.717) is 5.11 Å². The second-order valence-corrected chi connectivity index (χ2v) is 4.94. The first-order valence-corrected chi connectivity index (χ1v) is 6.98. The summed E-state index contributed by atoms with van der Waals surface area (Å²) >= 11 is 10.7. The van der Waals surface area contributed by atoms with Crippen molar-refractivity contribution in [2.24, 2.45) is 5.10 Å². The standard InChI is InChI=1S/C12H15ClN4O3S/c1-2-3-4-14-12(21)16-15-7-8-5-9(13)6-10(11(8)18)17(19)20/h5-7,18H,2-4H2,1H3,(H2,14,16,21)/b15-7-. The smallest absolute Gasteiger partial charge is 0.312 e. The van der Waals surface area contributed by atoms with E-state index in [0.717, 1.165) is 25.5 Å². The monoisotopic (exact) mass is 330 g/mol.